The van der Waals surface area contributed by atoms with Crippen LogP contribution in [0.4, 0.5) is 4.39 Å². The van der Waals surface area contributed by atoms with Crippen LogP contribution < -0.4 is 0 Å². The van der Waals surface area contributed by atoms with Crippen molar-refractivity contribution in [3.8, 4) is 0 Å². The fourth-order valence-corrected chi connectivity index (χ4v) is 4.62. The maximum Gasteiger partial charge on any atom is 0.243 e. The SMILES string of the molecule is O=S(=O)(c1ccccc1)N1CCCCC(c2ccc(F)cc2)C1. The number of rotatable bonds is 3. The van der Waals surface area contributed by atoms with E-state index < -0.39 is 10.0 Å². The van der Waals surface area contributed by atoms with Crippen molar-refractivity contribution in [2.45, 2.75) is 30.1 Å². The molecule has 5 heteroatoms. The minimum absolute atomic E-state index is 0.108. The molecule has 1 fully saturated rings. The maximum atomic E-state index is 13.1. The fraction of sp³-hybridized carbons (Fsp3) is 0.333. The second kappa shape index (κ2) is 6.81. The zero-order valence-corrected chi connectivity index (χ0v) is 13.7. The molecule has 122 valence electrons. The van der Waals surface area contributed by atoms with Gasteiger partial charge in [-0.1, -0.05) is 36.8 Å². The van der Waals surface area contributed by atoms with Crippen molar-refractivity contribution in [1.29, 1.82) is 0 Å². The van der Waals surface area contributed by atoms with Gasteiger partial charge in [0, 0.05) is 13.1 Å². The Kier molecular flexibility index (Phi) is 4.78. The van der Waals surface area contributed by atoms with Gasteiger partial charge in [-0.2, -0.15) is 4.31 Å². The standard InChI is InChI=1S/C18H20FNO2S/c19-17-11-9-15(10-12-17)16-6-4-5-13-20(14-16)23(21,22)18-7-2-1-3-8-18/h1-3,7-12,16H,4-6,13-14H2. The molecule has 3 nitrogen and oxygen atoms in total. The molecule has 2 aromatic rings. The average Bonchev–Trinajstić information content (AvgIpc) is 2.83. The van der Waals surface area contributed by atoms with E-state index in [1.807, 2.05) is 6.07 Å². The Hall–Kier alpha value is -1.72. The van der Waals surface area contributed by atoms with Crippen LogP contribution in [0.2, 0.25) is 0 Å². The molecule has 1 unspecified atom stereocenters. The summed E-state index contributed by atoms with van der Waals surface area (Å²) in [7, 11) is -3.48. The predicted octanol–water partition coefficient (Wildman–Crippen LogP) is 3.78. The molecule has 1 atom stereocenters. The Morgan fingerprint density at radius 1 is 0.957 bits per heavy atom. The monoisotopic (exact) mass is 333 g/mol. The molecule has 3 rings (SSSR count). The summed E-state index contributed by atoms with van der Waals surface area (Å²) in [6.07, 6.45) is 2.75. The Morgan fingerprint density at radius 2 is 1.65 bits per heavy atom. The topological polar surface area (TPSA) is 37.4 Å². The smallest absolute Gasteiger partial charge is 0.207 e. The van der Waals surface area contributed by atoms with Crippen LogP contribution in [-0.4, -0.2) is 25.8 Å². The van der Waals surface area contributed by atoms with E-state index in [1.165, 1.54) is 12.1 Å². The molecule has 0 aromatic heterocycles. The summed E-state index contributed by atoms with van der Waals surface area (Å²) < 4.78 is 40.4. The van der Waals surface area contributed by atoms with Crippen molar-refractivity contribution in [2.24, 2.45) is 0 Å². The van der Waals surface area contributed by atoms with Crippen molar-refractivity contribution in [2.75, 3.05) is 13.1 Å². The van der Waals surface area contributed by atoms with Crippen LogP contribution in [0, 0.1) is 5.82 Å². The fourth-order valence-electron chi connectivity index (χ4n) is 3.07. The van der Waals surface area contributed by atoms with E-state index in [0.29, 0.717) is 18.0 Å². The number of benzene rings is 2. The summed E-state index contributed by atoms with van der Waals surface area (Å²) in [5.41, 5.74) is 1.00. The molecule has 2 aromatic carbocycles. The zero-order valence-electron chi connectivity index (χ0n) is 12.9. The molecular formula is C18H20FNO2S. The molecule has 0 N–H and O–H groups in total. The molecule has 0 amide bonds. The summed E-state index contributed by atoms with van der Waals surface area (Å²) in [5.74, 6) is -0.160. The predicted molar refractivity (Wildman–Crippen MR) is 88.2 cm³/mol. The minimum atomic E-state index is -3.48. The first kappa shape index (κ1) is 16.1. The van der Waals surface area contributed by atoms with Crippen LogP contribution in [-0.2, 0) is 10.0 Å². The van der Waals surface area contributed by atoms with E-state index in [-0.39, 0.29) is 11.7 Å². The number of halogens is 1. The summed E-state index contributed by atoms with van der Waals surface area (Å²) in [6, 6.07) is 15.0. The van der Waals surface area contributed by atoms with Crippen molar-refractivity contribution in [3.63, 3.8) is 0 Å². The Balaban J connectivity index is 1.86. The van der Waals surface area contributed by atoms with E-state index in [1.54, 1.807) is 40.7 Å². The van der Waals surface area contributed by atoms with Crippen molar-refractivity contribution in [3.05, 3.63) is 66.0 Å². The first-order valence-electron chi connectivity index (χ1n) is 7.88. The molecule has 1 aliphatic heterocycles. The van der Waals surface area contributed by atoms with Gasteiger partial charge in [-0.15, -0.1) is 0 Å². The van der Waals surface area contributed by atoms with Gasteiger partial charge in [-0.05, 0) is 48.6 Å². The van der Waals surface area contributed by atoms with Crippen LogP contribution in [0.5, 0.6) is 0 Å². The Morgan fingerprint density at radius 3 is 2.35 bits per heavy atom. The molecule has 0 aliphatic carbocycles. The van der Waals surface area contributed by atoms with Gasteiger partial charge in [0.1, 0.15) is 5.82 Å². The normalized spacial score (nSPS) is 20.1. The van der Waals surface area contributed by atoms with Crippen molar-refractivity contribution < 1.29 is 12.8 Å². The lowest BCUT2D eigenvalue weighted by atomic mass is 9.95. The molecule has 0 radical (unpaired) electrons. The molecule has 1 saturated heterocycles. The highest BCUT2D eigenvalue weighted by Gasteiger charge is 2.29. The van der Waals surface area contributed by atoms with Gasteiger partial charge < -0.3 is 0 Å². The highest BCUT2D eigenvalue weighted by molar-refractivity contribution is 7.89. The third-order valence-electron chi connectivity index (χ3n) is 4.36. The lowest BCUT2D eigenvalue weighted by Gasteiger charge is -2.24. The minimum Gasteiger partial charge on any atom is -0.207 e. The molecule has 23 heavy (non-hydrogen) atoms. The number of hydrogen-bond donors (Lipinski definition) is 0. The maximum absolute atomic E-state index is 13.1. The van der Waals surface area contributed by atoms with Gasteiger partial charge >= 0.3 is 0 Å². The Bertz CT molecular complexity index is 744. The average molecular weight is 333 g/mol. The van der Waals surface area contributed by atoms with Gasteiger partial charge in [-0.25, -0.2) is 12.8 Å². The van der Waals surface area contributed by atoms with E-state index in [4.69, 9.17) is 0 Å². The summed E-state index contributed by atoms with van der Waals surface area (Å²) in [6.45, 7) is 0.984. The van der Waals surface area contributed by atoms with Crippen LogP contribution in [0.25, 0.3) is 0 Å². The zero-order chi connectivity index (χ0) is 16.3. The number of hydrogen-bond acceptors (Lipinski definition) is 2. The van der Waals surface area contributed by atoms with Crippen LogP contribution in [0.15, 0.2) is 59.5 Å². The van der Waals surface area contributed by atoms with E-state index in [0.717, 1.165) is 24.8 Å². The highest BCUT2D eigenvalue weighted by Crippen LogP contribution is 2.29. The van der Waals surface area contributed by atoms with Crippen LogP contribution in [0.1, 0.15) is 30.7 Å². The van der Waals surface area contributed by atoms with E-state index in [2.05, 4.69) is 0 Å². The second-order valence-corrected chi connectivity index (χ2v) is 7.86. The van der Waals surface area contributed by atoms with Gasteiger partial charge in [-0.3, -0.25) is 0 Å². The summed E-state index contributed by atoms with van der Waals surface area (Å²) >= 11 is 0. The van der Waals surface area contributed by atoms with E-state index in [9.17, 15) is 12.8 Å². The molecule has 1 heterocycles. The van der Waals surface area contributed by atoms with Gasteiger partial charge in [0.25, 0.3) is 0 Å². The molecular weight excluding hydrogens is 313 g/mol. The lowest BCUT2D eigenvalue weighted by Crippen LogP contribution is -2.34. The third-order valence-corrected chi connectivity index (χ3v) is 6.24. The van der Waals surface area contributed by atoms with Crippen molar-refractivity contribution >= 4 is 10.0 Å². The molecule has 0 spiro atoms. The third kappa shape index (κ3) is 3.62. The highest BCUT2D eigenvalue weighted by atomic mass is 32.2. The lowest BCUT2D eigenvalue weighted by molar-refractivity contribution is 0.406. The van der Waals surface area contributed by atoms with Gasteiger partial charge in [0.05, 0.1) is 4.90 Å². The first-order chi connectivity index (χ1) is 11.1. The quantitative estimate of drug-likeness (QED) is 0.857. The van der Waals surface area contributed by atoms with Gasteiger partial charge in [0.15, 0.2) is 0 Å². The molecule has 1 aliphatic rings. The van der Waals surface area contributed by atoms with Crippen molar-refractivity contribution in [1.82, 2.24) is 4.31 Å². The number of nitrogens with zero attached hydrogens (tertiary/aromatic N) is 1. The number of sulfonamides is 1. The molecule has 0 saturated carbocycles. The summed E-state index contributed by atoms with van der Waals surface area (Å²) in [4.78, 5) is 0.333. The largest absolute Gasteiger partial charge is 0.243 e. The summed E-state index contributed by atoms with van der Waals surface area (Å²) in [5, 5.41) is 0. The first-order valence-corrected chi connectivity index (χ1v) is 9.32. The Labute approximate surface area is 136 Å². The van der Waals surface area contributed by atoms with Gasteiger partial charge in [0.2, 0.25) is 10.0 Å². The molecule has 0 bridgehead atoms. The van der Waals surface area contributed by atoms with Crippen LogP contribution in [0.3, 0.4) is 0 Å². The van der Waals surface area contributed by atoms with E-state index >= 15 is 0 Å². The second-order valence-electron chi connectivity index (χ2n) is 5.92. The van der Waals surface area contributed by atoms with Crippen LogP contribution >= 0.6 is 0 Å².